The summed E-state index contributed by atoms with van der Waals surface area (Å²) < 4.78 is 35.7. The fourth-order valence-corrected chi connectivity index (χ4v) is 6.18. The molecular formula is C29H27NO5S2. The number of carboxylic acids is 1. The number of anilines is 1. The van der Waals surface area contributed by atoms with Gasteiger partial charge in [0.25, 0.3) is 10.0 Å². The van der Waals surface area contributed by atoms with Gasteiger partial charge in [0.05, 0.1) is 27.8 Å². The number of hydrogen-bond donors (Lipinski definition) is 2. The van der Waals surface area contributed by atoms with Gasteiger partial charge in [0.2, 0.25) is 0 Å². The second-order valence-corrected chi connectivity index (χ2v) is 11.8. The highest BCUT2D eigenvalue weighted by molar-refractivity contribution is 8.00. The predicted octanol–water partition coefficient (Wildman–Crippen LogP) is 6.66. The van der Waals surface area contributed by atoms with Crippen LogP contribution in [0.15, 0.2) is 94.7 Å². The Morgan fingerprint density at radius 3 is 2.22 bits per heavy atom. The summed E-state index contributed by atoms with van der Waals surface area (Å²) in [4.78, 5) is 12.1. The number of nitrogens with one attached hydrogen (secondary N) is 1. The van der Waals surface area contributed by atoms with Gasteiger partial charge in [-0.05, 0) is 48.1 Å². The molecule has 0 heterocycles. The van der Waals surface area contributed by atoms with Crippen LogP contribution in [-0.4, -0.2) is 31.9 Å². The number of sulfonamides is 1. The summed E-state index contributed by atoms with van der Waals surface area (Å²) in [6, 6.07) is 25.6. The first-order chi connectivity index (χ1) is 17.9. The van der Waals surface area contributed by atoms with Crippen LogP contribution in [0.3, 0.4) is 0 Å². The molecule has 0 amide bonds. The molecule has 6 nitrogen and oxygen atoms in total. The van der Waals surface area contributed by atoms with Crippen molar-refractivity contribution in [2.75, 3.05) is 17.1 Å². The van der Waals surface area contributed by atoms with Gasteiger partial charge >= 0.3 is 5.97 Å². The Labute approximate surface area is 220 Å². The molecule has 0 unspecified atom stereocenters. The number of fused-ring (bicyclic) bond motifs is 1. The summed E-state index contributed by atoms with van der Waals surface area (Å²) in [6.45, 7) is 0.559. The van der Waals surface area contributed by atoms with E-state index in [-0.39, 0.29) is 10.6 Å². The van der Waals surface area contributed by atoms with E-state index in [0.717, 1.165) is 41.1 Å². The molecule has 0 aromatic heterocycles. The van der Waals surface area contributed by atoms with Crippen LogP contribution in [-0.2, 0) is 14.8 Å². The molecule has 0 atom stereocenters. The quantitative estimate of drug-likeness (QED) is 0.221. The first kappa shape index (κ1) is 25.2. The van der Waals surface area contributed by atoms with E-state index >= 15 is 0 Å². The van der Waals surface area contributed by atoms with Gasteiger partial charge in [-0.3, -0.25) is 9.52 Å². The minimum absolute atomic E-state index is 0.140. The van der Waals surface area contributed by atoms with Crippen molar-refractivity contribution >= 4 is 44.2 Å². The Morgan fingerprint density at radius 1 is 0.919 bits per heavy atom. The number of ether oxygens (including phenoxy) is 1. The van der Waals surface area contributed by atoms with Crippen molar-refractivity contribution in [3.8, 4) is 16.9 Å². The van der Waals surface area contributed by atoms with Gasteiger partial charge in [0.1, 0.15) is 5.75 Å². The highest BCUT2D eigenvalue weighted by Gasteiger charge is 2.23. The third kappa shape index (κ3) is 5.76. The van der Waals surface area contributed by atoms with E-state index in [4.69, 9.17) is 4.74 Å². The molecule has 4 aromatic carbocycles. The monoisotopic (exact) mass is 533 g/mol. The smallest absolute Gasteiger partial charge is 0.313 e. The molecule has 0 bridgehead atoms. The topological polar surface area (TPSA) is 92.7 Å². The Hall–Kier alpha value is -3.49. The molecule has 0 spiro atoms. The van der Waals surface area contributed by atoms with Gasteiger partial charge in [0, 0.05) is 10.8 Å². The average molecular weight is 534 g/mol. The third-order valence-corrected chi connectivity index (χ3v) is 8.90. The highest BCUT2D eigenvalue weighted by Crippen LogP contribution is 2.42. The summed E-state index contributed by atoms with van der Waals surface area (Å²) in [7, 11) is -3.90. The van der Waals surface area contributed by atoms with Crippen LogP contribution in [0.2, 0.25) is 0 Å². The molecule has 190 valence electrons. The van der Waals surface area contributed by atoms with E-state index in [9.17, 15) is 18.3 Å². The molecule has 1 fully saturated rings. The largest absolute Gasteiger partial charge is 0.491 e. The zero-order valence-electron chi connectivity index (χ0n) is 20.1. The molecule has 0 saturated heterocycles. The van der Waals surface area contributed by atoms with Crippen molar-refractivity contribution < 1.29 is 23.1 Å². The van der Waals surface area contributed by atoms with Crippen molar-refractivity contribution in [2.45, 2.75) is 29.1 Å². The van der Waals surface area contributed by atoms with E-state index < -0.39 is 16.0 Å². The summed E-state index contributed by atoms with van der Waals surface area (Å²) >= 11 is 1.12. The number of aliphatic carboxylic acids is 1. The van der Waals surface area contributed by atoms with Crippen LogP contribution < -0.4 is 9.46 Å². The molecule has 2 N–H and O–H groups in total. The van der Waals surface area contributed by atoms with Crippen LogP contribution in [0.5, 0.6) is 5.75 Å². The fraction of sp³-hybridized carbons (Fsp3) is 0.207. The second kappa shape index (κ2) is 10.9. The maximum Gasteiger partial charge on any atom is 0.313 e. The number of carboxylic acid groups (broad SMARTS) is 1. The summed E-state index contributed by atoms with van der Waals surface area (Å²) in [5, 5.41) is 10.7. The van der Waals surface area contributed by atoms with Crippen molar-refractivity contribution in [3.05, 3.63) is 84.9 Å². The second-order valence-electron chi connectivity index (χ2n) is 9.08. The lowest BCUT2D eigenvalue weighted by molar-refractivity contribution is -0.133. The maximum absolute atomic E-state index is 13.4. The number of thioether (sulfide) groups is 1. The van der Waals surface area contributed by atoms with Gasteiger partial charge in [-0.1, -0.05) is 73.2 Å². The number of benzene rings is 4. The lowest BCUT2D eigenvalue weighted by atomic mass is 9.86. The lowest BCUT2D eigenvalue weighted by Crippen LogP contribution is -2.19. The molecule has 1 saturated carbocycles. The lowest BCUT2D eigenvalue weighted by Gasteiger charge is -2.26. The van der Waals surface area contributed by atoms with E-state index in [0.29, 0.717) is 34.2 Å². The molecule has 1 aliphatic carbocycles. The SMILES string of the molecule is O=C(O)CSc1cc(NS(=O)(=O)c2ccc(-c3ccccc3)cc2)c2ccccc2c1OCC1CCC1. The molecule has 37 heavy (non-hydrogen) atoms. The summed E-state index contributed by atoms with van der Waals surface area (Å²) in [5.41, 5.74) is 2.31. The van der Waals surface area contributed by atoms with Gasteiger partial charge in [-0.2, -0.15) is 0 Å². The number of carbonyl (C=O) groups is 1. The zero-order chi connectivity index (χ0) is 25.8. The van der Waals surface area contributed by atoms with Crippen LogP contribution in [0.1, 0.15) is 19.3 Å². The van der Waals surface area contributed by atoms with E-state index in [2.05, 4.69) is 4.72 Å². The van der Waals surface area contributed by atoms with Gasteiger partial charge < -0.3 is 9.84 Å². The van der Waals surface area contributed by atoms with Crippen LogP contribution in [0.4, 0.5) is 5.69 Å². The number of hydrogen-bond acceptors (Lipinski definition) is 5. The van der Waals surface area contributed by atoms with E-state index in [1.807, 2.05) is 54.6 Å². The normalized spacial score (nSPS) is 13.7. The standard InChI is InChI=1S/C29H27NO5S2/c31-28(32)19-36-27-17-26(24-11-4-5-12-25(24)29(27)35-18-20-7-6-8-20)30-37(33,34)23-15-13-22(14-16-23)21-9-2-1-3-10-21/h1-5,9-17,20,30H,6-8,18-19H2,(H,31,32). The molecule has 0 radical (unpaired) electrons. The third-order valence-electron chi connectivity index (χ3n) is 6.52. The summed E-state index contributed by atoms with van der Waals surface area (Å²) in [5.74, 6) is -0.0218. The first-order valence-corrected chi connectivity index (χ1v) is 14.6. The van der Waals surface area contributed by atoms with Crippen molar-refractivity contribution in [1.82, 2.24) is 0 Å². The molecule has 0 aliphatic heterocycles. The van der Waals surface area contributed by atoms with E-state index in [1.165, 1.54) is 6.42 Å². The Morgan fingerprint density at radius 2 is 1.57 bits per heavy atom. The van der Waals surface area contributed by atoms with Crippen molar-refractivity contribution in [3.63, 3.8) is 0 Å². The highest BCUT2D eigenvalue weighted by atomic mass is 32.2. The van der Waals surface area contributed by atoms with E-state index in [1.54, 1.807) is 30.3 Å². The maximum atomic E-state index is 13.4. The minimum atomic E-state index is -3.90. The predicted molar refractivity (Wildman–Crippen MR) is 148 cm³/mol. The molecule has 5 rings (SSSR count). The summed E-state index contributed by atoms with van der Waals surface area (Å²) in [6.07, 6.45) is 3.44. The molecule has 8 heteroatoms. The van der Waals surface area contributed by atoms with Gasteiger partial charge in [0.15, 0.2) is 0 Å². The van der Waals surface area contributed by atoms with Gasteiger partial charge in [-0.25, -0.2) is 8.42 Å². The number of rotatable bonds is 10. The van der Waals surface area contributed by atoms with Crippen LogP contribution >= 0.6 is 11.8 Å². The van der Waals surface area contributed by atoms with Crippen LogP contribution in [0, 0.1) is 5.92 Å². The molecule has 1 aliphatic rings. The molecule has 4 aromatic rings. The van der Waals surface area contributed by atoms with Crippen molar-refractivity contribution in [1.29, 1.82) is 0 Å². The Kier molecular flexibility index (Phi) is 7.39. The molecular weight excluding hydrogens is 506 g/mol. The minimum Gasteiger partial charge on any atom is -0.491 e. The Bertz CT molecular complexity index is 1520. The average Bonchev–Trinajstić information content (AvgIpc) is 2.88. The fourth-order valence-electron chi connectivity index (χ4n) is 4.32. The van der Waals surface area contributed by atoms with Gasteiger partial charge in [-0.15, -0.1) is 11.8 Å². The zero-order valence-corrected chi connectivity index (χ0v) is 21.7. The first-order valence-electron chi connectivity index (χ1n) is 12.1. The Balaban J connectivity index is 1.49. The van der Waals surface area contributed by atoms with Crippen molar-refractivity contribution in [2.24, 2.45) is 5.92 Å². The van der Waals surface area contributed by atoms with Crippen LogP contribution in [0.25, 0.3) is 21.9 Å².